The van der Waals surface area contributed by atoms with Crippen LogP contribution in [0.2, 0.25) is 0 Å². The van der Waals surface area contributed by atoms with Gasteiger partial charge < -0.3 is 5.32 Å². The lowest BCUT2D eigenvalue weighted by atomic mass is 9.82. The molecule has 0 saturated carbocycles. The molecule has 2 atom stereocenters. The van der Waals surface area contributed by atoms with Crippen molar-refractivity contribution in [1.82, 2.24) is 10.3 Å². The summed E-state index contributed by atoms with van der Waals surface area (Å²) in [7, 11) is 0. The Hall–Kier alpha value is -0.540. The average Bonchev–Trinajstić information content (AvgIpc) is 2.33. The summed E-state index contributed by atoms with van der Waals surface area (Å²) in [5.41, 5.74) is 1.68. The zero-order valence-electron chi connectivity index (χ0n) is 10.9. The van der Waals surface area contributed by atoms with Gasteiger partial charge in [-0.05, 0) is 36.1 Å². The normalized spacial score (nSPS) is 25.5. The number of hydrogen-bond acceptors (Lipinski definition) is 3. The average molecular weight is 250 g/mol. The van der Waals surface area contributed by atoms with Crippen LogP contribution in [0.3, 0.4) is 0 Å². The van der Waals surface area contributed by atoms with Crippen molar-refractivity contribution in [1.29, 1.82) is 0 Å². The van der Waals surface area contributed by atoms with Crippen LogP contribution < -0.4 is 5.32 Å². The van der Waals surface area contributed by atoms with E-state index in [0.29, 0.717) is 17.5 Å². The van der Waals surface area contributed by atoms with Gasteiger partial charge in [0.1, 0.15) is 0 Å². The fourth-order valence-corrected chi connectivity index (χ4v) is 3.86. The number of nitrogens with zero attached hydrogens (tertiary/aromatic N) is 1. The van der Waals surface area contributed by atoms with Gasteiger partial charge >= 0.3 is 0 Å². The summed E-state index contributed by atoms with van der Waals surface area (Å²) in [5, 5.41) is 3.76. The molecule has 17 heavy (non-hydrogen) atoms. The Bertz CT molecular complexity index is 350. The molecule has 0 amide bonds. The molecular weight excluding hydrogens is 228 g/mol. The smallest absolute Gasteiger partial charge is 0.0315 e. The second kappa shape index (κ2) is 5.40. The molecule has 1 aliphatic heterocycles. The van der Waals surface area contributed by atoms with Crippen molar-refractivity contribution >= 4 is 11.8 Å². The molecule has 0 aromatic carbocycles. The highest BCUT2D eigenvalue weighted by molar-refractivity contribution is 7.99. The first-order valence-corrected chi connectivity index (χ1v) is 7.49. The number of aromatic nitrogens is 1. The second-order valence-electron chi connectivity index (χ2n) is 5.54. The number of thioether (sulfide) groups is 1. The fourth-order valence-electron chi connectivity index (χ4n) is 2.24. The standard InChI is InChI=1S/C14H22N2S/c1-11(12-5-4-7-15-9-12)16-13-10-17-8-6-14(13,2)3/h4-5,7,9,11,13,16H,6,8,10H2,1-3H3/t11-,13?/m1/s1. The Morgan fingerprint density at radius 3 is 3.00 bits per heavy atom. The Morgan fingerprint density at radius 2 is 2.35 bits per heavy atom. The van der Waals surface area contributed by atoms with E-state index in [2.05, 4.69) is 48.9 Å². The number of hydrogen-bond donors (Lipinski definition) is 1. The lowest BCUT2D eigenvalue weighted by Crippen LogP contribution is -2.47. The predicted molar refractivity (Wildman–Crippen MR) is 75.3 cm³/mol. The van der Waals surface area contributed by atoms with Crippen molar-refractivity contribution in [3.63, 3.8) is 0 Å². The summed E-state index contributed by atoms with van der Waals surface area (Å²) in [5.74, 6) is 2.52. The molecule has 0 bridgehead atoms. The highest BCUT2D eigenvalue weighted by atomic mass is 32.2. The van der Waals surface area contributed by atoms with E-state index < -0.39 is 0 Å². The third-order valence-corrected chi connectivity index (χ3v) is 4.82. The molecule has 0 spiro atoms. The largest absolute Gasteiger partial charge is 0.306 e. The van der Waals surface area contributed by atoms with Crippen molar-refractivity contribution in [2.45, 2.75) is 39.3 Å². The molecule has 1 aliphatic rings. The molecule has 1 fully saturated rings. The molecule has 1 unspecified atom stereocenters. The van der Waals surface area contributed by atoms with Gasteiger partial charge in [-0.3, -0.25) is 4.98 Å². The highest BCUT2D eigenvalue weighted by Gasteiger charge is 2.33. The SMILES string of the molecule is C[C@@H](NC1CSCCC1(C)C)c1cccnc1. The summed E-state index contributed by atoms with van der Waals surface area (Å²) >= 11 is 2.06. The molecule has 2 rings (SSSR count). The van der Waals surface area contributed by atoms with Gasteiger partial charge in [0.15, 0.2) is 0 Å². The van der Waals surface area contributed by atoms with Gasteiger partial charge in [0.2, 0.25) is 0 Å². The first-order valence-electron chi connectivity index (χ1n) is 6.33. The van der Waals surface area contributed by atoms with Gasteiger partial charge in [0.25, 0.3) is 0 Å². The zero-order chi connectivity index (χ0) is 12.3. The number of pyridine rings is 1. The van der Waals surface area contributed by atoms with Crippen LogP contribution in [0.4, 0.5) is 0 Å². The van der Waals surface area contributed by atoms with E-state index in [9.17, 15) is 0 Å². The van der Waals surface area contributed by atoms with E-state index in [-0.39, 0.29) is 0 Å². The minimum absolute atomic E-state index is 0.381. The monoisotopic (exact) mass is 250 g/mol. The maximum atomic E-state index is 4.19. The lowest BCUT2D eigenvalue weighted by molar-refractivity contribution is 0.232. The summed E-state index contributed by atoms with van der Waals surface area (Å²) in [6, 6.07) is 5.13. The van der Waals surface area contributed by atoms with E-state index in [1.54, 1.807) is 0 Å². The van der Waals surface area contributed by atoms with Gasteiger partial charge in [-0.2, -0.15) is 11.8 Å². The topological polar surface area (TPSA) is 24.9 Å². The highest BCUT2D eigenvalue weighted by Crippen LogP contribution is 2.35. The van der Waals surface area contributed by atoms with Crippen LogP contribution in [0.5, 0.6) is 0 Å². The zero-order valence-corrected chi connectivity index (χ0v) is 11.8. The first kappa shape index (κ1) is 12.9. The number of nitrogens with one attached hydrogen (secondary N) is 1. The van der Waals surface area contributed by atoms with Gasteiger partial charge in [0.05, 0.1) is 0 Å². The van der Waals surface area contributed by atoms with E-state index in [1.807, 2.05) is 18.5 Å². The van der Waals surface area contributed by atoms with Crippen LogP contribution in [0.1, 0.15) is 38.8 Å². The molecule has 1 aromatic rings. The molecule has 2 nitrogen and oxygen atoms in total. The molecular formula is C14H22N2S. The molecule has 94 valence electrons. The molecule has 1 saturated heterocycles. The Kier molecular flexibility index (Phi) is 4.10. The van der Waals surface area contributed by atoms with Crippen molar-refractivity contribution < 1.29 is 0 Å². The molecule has 1 aromatic heterocycles. The molecule has 2 heterocycles. The van der Waals surface area contributed by atoms with Crippen LogP contribution in [-0.4, -0.2) is 22.5 Å². The summed E-state index contributed by atoms with van der Waals surface area (Å²) in [6.45, 7) is 6.98. The van der Waals surface area contributed by atoms with E-state index >= 15 is 0 Å². The lowest BCUT2D eigenvalue weighted by Gasteiger charge is -2.40. The minimum atomic E-state index is 0.381. The van der Waals surface area contributed by atoms with E-state index in [4.69, 9.17) is 0 Å². The summed E-state index contributed by atoms with van der Waals surface area (Å²) < 4.78 is 0. The molecule has 0 radical (unpaired) electrons. The predicted octanol–water partition coefficient (Wildman–Crippen LogP) is 3.26. The summed E-state index contributed by atoms with van der Waals surface area (Å²) in [4.78, 5) is 4.19. The van der Waals surface area contributed by atoms with Crippen molar-refractivity contribution in [3.8, 4) is 0 Å². The Labute approximate surface area is 109 Å². The van der Waals surface area contributed by atoms with Gasteiger partial charge in [-0.15, -0.1) is 0 Å². The van der Waals surface area contributed by atoms with E-state index in [1.165, 1.54) is 23.5 Å². The maximum absolute atomic E-state index is 4.19. The quantitative estimate of drug-likeness (QED) is 0.891. The molecule has 0 aliphatic carbocycles. The van der Waals surface area contributed by atoms with Crippen LogP contribution in [0.15, 0.2) is 24.5 Å². The number of rotatable bonds is 3. The third-order valence-electron chi connectivity index (χ3n) is 3.75. The molecule has 1 N–H and O–H groups in total. The van der Waals surface area contributed by atoms with Crippen LogP contribution in [0, 0.1) is 5.41 Å². The second-order valence-corrected chi connectivity index (χ2v) is 6.69. The van der Waals surface area contributed by atoms with Crippen LogP contribution >= 0.6 is 11.8 Å². The van der Waals surface area contributed by atoms with Crippen molar-refractivity contribution in [2.24, 2.45) is 5.41 Å². The molecule has 3 heteroatoms. The van der Waals surface area contributed by atoms with Crippen LogP contribution in [-0.2, 0) is 0 Å². The third kappa shape index (κ3) is 3.23. The van der Waals surface area contributed by atoms with Crippen molar-refractivity contribution in [2.75, 3.05) is 11.5 Å². The van der Waals surface area contributed by atoms with Crippen LogP contribution in [0.25, 0.3) is 0 Å². The van der Waals surface area contributed by atoms with Gasteiger partial charge in [0, 0.05) is 30.2 Å². The summed E-state index contributed by atoms with van der Waals surface area (Å²) in [6.07, 6.45) is 5.09. The first-order chi connectivity index (χ1) is 8.09. The fraction of sp³-hybridized carbons (Fsp3) is 0.643. The van der Waals surface area contributed by atoms with Gasteiger partial charge in [-0.1, -0.05) is 19.9 Å². The van der Waals surface area contributed by atoms with Gasteiger partial charge in [-0.25, -0.2) is 0 Å². The Balaban J connectivity index is 2.00. The maximum Gasteiger partial charge on any atom is 0.0315 e. The van der Waals surface area contributed by atoms with Crippen molar-refractivity contribution in [3.05, 3.63) is 30.1 Å². The minimum Gasteiger partial charge on any atom is -0.306 e. The Morgan fingerprint density at radius 1 is 1.53 bits per heavy atom. The van der Waals surface area contributed by atoms with E-state index in [0.717, 1.165) is 0 Å².